The number of halogens is 1. The van der Waals surface area contributed by atoms with Crippen LogP contribution in [-0.4, -0.2) is 53.9 Å². The van der Waals surface area contributed by atoms with Crippen LogP contribution >= 0.6 is 11.6 Å². The lowest BCUT2D eigenvalue weighted by Crippen LogP contribution is -2.33. The number of ether oxygens (including phenoxy) is 3. The summed E-state index contributed by atoms with van der Waals surface area (Å²) in [5, 5.41) is 5.35. The first kappa shape index (κ1) is 17.4. The van der Waals surface area contributed by atoms with Crippen LogP contribution in [0.4, 0.5) is 0 Å². The van der Waals surface area contributed by atoms with Crippen LogP contribution in [0, 0.1) is 0 Å². The second-order valence-electron chi connectivity index (χ2n) is 5.56. The number of rotatable bonds is 7. The predicted octanol–water partition coefficient (Wildman–Crippen LogP) is 2.59. The molecule has 1 aromatic carbocycles. The Morgan fingerprint density at radius 2 is 2.12 bits per heavy atom. The monoisotopic (exact) mass is 351 g/mol. The number of hydrogen-bond acceptors (Lipinski definition) is 5. The molecule has 1 aliphatic rings. The summed E-state index contributed by atoms with van der Waals surface area (Å²) < 4.78 is 18.6. The second kappa shape index (κ2) is 8.58. The fraction of sp³-hybridized carbons (Fsp3) is 0.529. The second-order valence-corrected chi connectivity index (χ2v) is 5.99. The molecule has 1 unspecified atom stereocenters. The molecule has 2 heterocycles. The lowest BCUT2D eigenvalue weighted by molar-refractivity contribution is -0.0949. The Morgan fingerprint density at radius 3 is 2.83 bits per heavy atom. The summed E-state index contributed by atoms with van der Waals surface area (Å²) >= 11 is 5.96. The average Bonchev–Trinajstić information content (AvgIpc) is 2.99. The van der Waals surface area contributed by atoms with Gasteiger partial charge in [0.15, 0.2) is 5.82 Å². The summed E-state index contributed by atoms with van der Waals surface area (Å²) in [6.45, 7) is 5.79. The van der Waals surface area contributed by atoms with Crippen molar-refractivity contribution in [3.8, 4) is 11.4 Å². The zero-order valence-corrected chi connectivity index (χ0v) is 14.5. The van der Waals surface area contributed by atoms with Crippen molar-refractivity contribution in [3.63, 3.8) is 0 Å². The Balaban J connectivity index is 1.79. The standard InChI is InChI=1S/C17H22ClN3O3/c1-2-22-8-7-16-19-17(13-3-5-14(18)6-4-13)20-21(16)11-15-12-23-9-10-24-15/h3-6,15H,2,7-12H2,1H3. The van der Waals surface area contributed by atoms with Crippen LogP contribution in [-0.2, 0) is 27.2 Å². The van der Waals surface area contributed by atoms with Crippen molar-refractivity contribution < 1.29 is 14.2 Å². The molecule has 1 atom stereocenters. The summed E-state index contributed by atoms with van der Waals surface area (Å²) in [5.41, 5.74) is 0.941. The molecule has 1 fully saturated rings. The molecule has 0 bridgehead atoms. The van der Waals surface area contributed by atoms with Gasteiger partial charge in [0.1, 0.15) is 11.9 Å². The Morgan fingerprint density at radius 1 is 1.29 bits per heavy atom. The minimum absolute atomic E-state index is 0.00404. The molecule has 0 amide bonds. The lowest BCUT2D eigenvalue weighted by Gasteiger charge is -2.23. The molecule has 3 rings (SSSR count). The van der Waals surface area contributed by atoms with Gasteiger partial charge in [-0.05, 0) is 31.2 Å². The Labute approximate surface area is 146 Å². The van der Waals surface area contributed by atoms with Crippen molar-refractivity contribution in [3.05, 3.63) is 35.1 Å². The summed E-state index contributed by atoms with van der Waals surface area (Å²) in [7, 11) is 0. The van der Waals surface area contributed by atoms with Gasteiger partial charge in [-0.25, -0.2) is 9.67 Å². The molecular weight excluding hydrogens is 330 g/mol. The highest BCUT2D eigenvalue weighted by atomic mass is 35.5. The normalized spacial score (nSPS) is 18.0. The molecule has 1 saturated heterocycles. The van der Waals surface area contributed by atoms with Gasteiger partial charge in [0.25, 0.3) is 0 Å². The molecule has 6 nitrogen and oxygen atoms in total. The minimum Gasteiger partial charge on any atom is -0.381 e. The van der Waals surface area contributed by atoms with E-state index in [1.807, 2.05) is 35.9 Å². The van der Waals surface area contributed by atoms with Crippen molar-refractivity contribution >= 4 is 11.6 Å². The highest BCUT2D eigenvalue weighted by Crippen LogP contribution is 2.19. The lowest BCUT2D eigenvalue weighted by atomic mass is 10.2. The molecule has 2 aromatic rings. The van der Waals surface area contributed by atoms with Crippen molar-refractivity contribution in [2.75, 3.05) is 33.0 Å². The smallest absolute Gasteiger partial charge is 0.181 e. The van der Waals surface area contributed by atoms with Crippen LogP contribution < -0.4 is 0 Å². The van der Waals surface area contributed by atoms with Crippen molar-refractivity contribution in [1.82, 2.24) is 14.8 Å². The number of aromatic nitrogens is 3. The van der Waals surface area contributed by atoms with Gasteiger partial charge in [0.2, 0.25) is 0 Å². The first-order valence-corrected chi connectivity index (χ1v) is 8.61. The van der Waals surface area contributed by atoms with E-state index >= 15 is 0 Å². The van der Waals surface area contributed by atoms with E-state index in [2.05, 4.69) is 10.1 Å². The van der Waals surface area contributed by atoms with Crippen LogP contribution in [0.25, 0.3) is 11.4 Å². The van der Waals surface area contributed by atoms with E-state index in [0.717, 1.165) is 11.4 Å². The maximum absolute atomic E-state index is 5.96. The minimum atomic E-state index is 0.00404. The van der Waals surface area contributed by atoms with E-state index in [-0.39, 0.29) is 6.10 Å². The summed E-state index contributed by atoms with van der Waals surface area (Å²) in [4.78, 5) is 4.68. The van der Waals surface area contributed by atoms with Crippen LogP contribution in [0.15, 0.2) is 24.3 Å². The third-order valence-electron chi connectivity index (χ3n) is 3.79. The first-order chi connectivity index (χ1) is 11.8. The van der Waals surface area contributed by atoms with Gasteiger partial charge in [0, 0.05) is 23.6 Å². The van der Waals surface area contributed by atoms with Gasteiger partial charge in [0.05, 0.1) is 33.0 Å². The number of hydrogen-bond donors (Lipinski definition) is 0. The quantitative estimate of drug-likeness (QED) is 0.718. The Bertz CT molecular complexity index is 639. The van der Waals surface area contributed by atoms with Crippen molar-refractivity contribution in [2.24, 2.45) is 0 Å². The zero-order chi connectivity index (χ0) is 16.8. The van der Waals surface area contributed by atoms with Gasteiger partial charge >= 0.3 is 0 Å². The summed E-state index contributed by atoms with van der Waals surface area (Å²) in [6, 6.07) is 7.54. The van der Waals surface area contributed by atoms with E-state index in [9.17, 15) is 0 Å². The maximum Gasteiger partial charge on any atom is 0.181 e. The van der Waals surface area contributed by atoms with Gasteiger partial charge in [-0.2, -0.15) is 5.10 Å². The molecule has 1 aromatic heterocycles. The van der Waals surface area contributed by atoms with E-state index < -0.39 is 0 Å². The van der Waals surface area contributed by atoms with Crippen LogP contribution in [0.3, 0.4) is 0 Å². The van der Waals surface area contributed by atoms with Crippen LogP contribution in [0.5, 0.6) is 0 Å². The topological polar surface area (TPSA) is 58.4 Å². The number of benzene rings is 1. The van der Waals surface area contributed by atoms with Gasteiger partial charge in [-0.15, -0.1) is 0 Å². The van der Waals surface area contributed by atoms with Crippen LogP contribution in [0.1, 0.15) is 12.7 Å². The molecule has 7 heteroatoms. The molecule has 0 N–H and O–H groups in total. The molecule has 0 aliphatic carbocycles. The zero-order valence-electron chi connectivity index (χ0n) is 13.8. The van der Waals surface area contributed by atoms with Crippen molar-refractivity contribution in [2.45, 2.75) is 26.0 Å². The maximum atomic E-state index is 5.96. The molecular formula is C17H22ClN3O3. The summed E-state index contributed by atoms with van der Waals surface area (Å²) in [5.74, 6) is 1.58. The Hall–Kier alpha value is -1.47. The molecule has 0 radical (unpaired) electrons. The fourth-order valence-corrected chi connectivity index (χ4v) is 2.70. The molecule has 0 spiro atoms. The third kappa shape index (κ3) is 4.54. The van der Waals surface area contributed by atoms with E-state index in [1.165, 1.54) is 0 Å². The average molecular weight is 352 g/mol. The van der Waals surface area contributed by atoms with E-state index in [0.29, 0.717) is 56.8 Å². The molecule has 24 heavy (non-hydrogen) atoms. The molecule has 1 aliphatic heterocycles. The highest BCUT2D eigenvalue weighted by Gasteiger charge is 2.19. The molecule has 0 saturated carbocycles. The van der Waals surface area contributed by atoms with Crippen molar-refractivity contribution in [1.29, 1.82) is 0 Å². The predicted molar refractivity (Wildman–Crippen MR) is 91.2 cm³/mol. The largest absolute Gasteiger partial charge is 0.381 e. The third-order valence-corrected chi connectivity index (χ3v) is 4.04. The fourth-order valence-electron chi connectivity index (χ4n) is 2.57. The van der Waals surface area contributed by atoms with Gasteiger partial charge < -0.3 is 14.2 Å². The first-order valence-electron chi connectivity index (χ1n) is 8.23. The summed E-state index contributed by atoms with van der Waals surface area (Å²) in [6.07, 6.45) is 0.714. The molecule has 130 valence electrons. The SMILES string of the molecule is CCOCCc1nc(-c2ccc(Cl)cc2)nn1CC1COCCO1. The van der Waals surface area contributed by atoms with E-state index in [1.54, 1.807) is 0 Å². The Kier molecular flexibility index (Phi) is 6.20. The van der Waals surface area contributed by atoms with Gasteiger partial charge in [-0.3, -0.25) is 0 Å². The highest BCUT2D eigenvalue weighted by molar-refractivity contribution is 6.30. The van der Waals surface area contributed by atoms with E-state index in [4.69, 9.17) is 25.8 Å². The van der Waals surface area contributed by atoms with Gasteiger partial charge in [-0.1, -0.05) is 11.6 Å². The number of nitrogens with zero attached hydrogens (tertiary/aromatic N) is 3. The van der Waals surface area contributed by atoms with Crippen LogP contribution in [0.2, 0.25) is 5.02 Å².